The second-order valence-electron chi connectivity index (χ2n) is 3.69. The summed E-state index contributed by atoms with van der Waals surface area (Å²) in [4.78, 5) is 0. The van der Waals surface area contributed by atoms with Crippen molar-refractivity contribution in [3.8, 4) is 0 Å². The van der Waals surface area contributed by atoms with Gasteiger partial charge in [0.2, 0.25) is 0 Å². The molecular weight excluding hydrogens is 160 g/mol. The number of likely N-dealkylation sites (N-methyl/N-ethyl adjacent to an activating group) is 1. The van der Waals surface area contributed by atoms with Gasteiger partial charge in [-0.2, -0.15) is 0 Å². The van der Waals surface area contributed by atoms with E-state index in [1.807, 2.05) is 6.07 Å². The van der Waals surface area contributed by atoms with Crippen LogP contribution in [0.2, 0.25) is 0 Å². The van der Waals surface area contributed by atoms with Gasteiger partial charge in [0.1, 0.15) is 0 Å². The van der Waals surface area contributed by atoms with Gasteiger partial charge in [0.25, 0.3) is 0 Å². The predicted octanol–water partition coefficient (Wildman–Crippen LogP) is 1.35. The Morgan fingerprint density at radius 2 is 2.15 bits per heavy atom. The molecule has 2 rings (SSSR count). The van der Waals surface area contributed by atoms with Gasteiger partial charge in [-0.05, 0) is 42.6 Å². The van der Waals surface area contributed by atoms with Crippen LogP contribution in [0.4, 0.5) is 5.69 Å². The van der Waals surface area contributed by atoms with Crippen molar-refractivity contribution in [2.45, 2.75) is 25.8 Å². The van der Waals surface area contributed by atoms with Crippen molar-refractivity contribution in [1.29, 1.82) is 0 Å². The van der Waals surface area contributed by atoms with Gasteiger partial charge in [-0.1, -0.05) is 13.0 Å². The predicted molar refractivity (Wildman–Crippen MR) is 55.7 cm³/mol. The van der Waals surface area contributed by atoms with Crippen LogP contribution in [0.1, 0.15) is 18.1 Å². The largest absolute Gasteiger partial charge is 0.399 e. The lowest BCUT2D eigenvalue weighted by atomic mass is 10.1. The average molecular weight is 176 g/mol. The fraction of sp³-hybridized carbons (Fsp3) is 0.455. The quantitative estimate of drug-likeness (QED) is 0.667. The van der Waals surface area contributed by atoms with E-state index in [0.29, 0.717) is 6.04 Å². The van der Waals surface area contributed by atoms with Crippen molar-refractivity contribution >= 4 is 5.69 Å². The first-order chi connectivity index (χ1) is 6.29. The number of rotatable bonds is 2. The molecule has 0 saturated heterocycles. The van der Waals surface area contributed by atoms with Gasteiger partial charge in [0.15, 0.2) is 0 Å². The van der Waals surface area contributed by atoms with E-state index in [9.17, 15) is 0 Å². The molecule has 0 spiro atoms. The lowest BCUT2D eigenvalue weighted by Crippen LogP contribution is -2.28. The Morgan fingerprint density at radius 1 is 1.38 bits per heavy atom. The summed E-state index contributed by atoms with van der Waals surface area (Å²) >= 11 is 0. The molecule has 1 aliphatic carbocycles. The Kier molecular flexibility index (Phi) is 2.23. The number of nitrogens with two attached hydrogens (primary N) is 1. The molecule has 2 nitrogen and oxygen atoms in total. The summed E-state index contributed by atoms with van der Waals surface area (Å²) in [5, 5.41) is 3.47. The topological polar surface area (TPSA) is 38.0 Å². The van der Waals surface area contributed by atoms with Crippen molar-refractivity contribution in [2.75, 3.05) is 12.3 Å². The van der Waals surface area contributed by atoms with E-state index in [-0.39, 0.29) is 0 Å². The van der Waals surface area contributed by atoms with Crippen LogP contribution in [0.3, 0.4) is 0 Å². The van der Waals surface area contributed by atoms with Crippen LogP contribution in [-0.2, 0) is 12.8 Å². The van der Waals surface area contributed by atoms with Crippen molar-refractivity contribution in [2.24, 2.45) is 0 Å². The maximum absolute atomic E-state index is 5.73. The molecule has 3 N–H and O–H groups in total. The SMILES string of the molecule is CCNC1Cc2ccc(N)cc2C1. The molecule has 0 saturated carbocycles. The summed E-state index contributed by atoms with van der Waals surface area (Å²) in [5.41, 5.74) is 9.50. The lowest BCUT2D eigenvalue weighted by Gasteiger charge is -2.08. The average Bonchev–Trinajstić information content (AvgIpc) is 2.46. The summed E-state index contributed by atoms with van der Waals surface area (Å²) in [6.45, 7) is 3.20. The number of hydrogen-bond acceptors (Lipinski definition) is 2. The first-order valence-corrected chi connectivity index (χ1v) is 4.90. The number of nitrogen functional groups attached to an aromatic ring is 1. The fourth-order valence-corrected chi connectivity index (χ4v) is 2.07. The van der Waals surface area contributed by atoms with Crippen LogP contribution >= 0.6 is 0 Å². The normalized spacial score (nSPS) is 20.2. The third kappa shape index (κ3) is 1.68. The molecule has 1 aromatic carbocycles. The molecule has 0 fully saturated rings. The Balaban J connectivity index is 2.16. The minimum atomic E-state index is 0.627. The van der Waals surface area contributed by atoms with E-state index in [1.54, 1.807) is 0 Å². The van der Waals surface area contributed by atoms with Crippen LogP contribution in [0, 0.1) is 0 Å². The highest BCUT2D eigenvalue weighted by atomic mass is 14.9. The minimum absolute atomic E-state index is 0.627. The highest BCUT2D eigenvalue weighted by Gasteiger charge is 2.19. The van der Waals surface area contributed by atoms with Crippen LogP contribution in [0.25, 0.3) is 0 Å². The Labute approximate surface area is 79.1 Å². The van der Waals surface area contributed by atoms with Crippen LogP contribution < -0.4 is 11.1 Å². The van der Waals surface area contributed by atoms with Crippen molar-refractivity contribution in [1.82, 2.24) is 5.32 Å². The monoisotopic (exact) mass is 176 g/mol. The first kappa shape index (κ1) is 8.57. The van der Waals surface area contributed by atoms with E-state index in [0.717, 1.165) is 25.1 Å². The summed E-state index contributed by atoms with van der Waals surface area (Å²) in [7, 11) is 0. The maximum Gasteiger partial charge on any atom is 0.0316 e. The molecular formula is C11H16N2. The van der Waals surface area contributed by atoms with Gasteiger partial charge >= 0.3 is 0 Å². The molecule has 1 atom stereocenters. The van der Waals surface area contributed by atoms with Gasteiger partial charge in [-0.15, -0.1) is 0 Å². The van der Waals surface area contributed by atoms with Gasteiger partial charge < -0.3 is 11.1 Å². The number of fused-ring (bicyclic) bond motifs is 1. The standard InChI is InChI=1S/C11H16N2/c1-2-13-11-6-8-3-4-10(12)5-9(8)7-11/h3-5,11,13H,2,6-7,12H2,1H3. The second-order valence-corrected chi connectivity index (χ2v) is 3.69. The zero-order valence-corrected chi connectivity index (χ0v) is 8.01. The third-order valence-corrected chi connectivity index (χ3v) is 2.66. The van der Waals surface area contributed by atoms with Crippen LogP contribution in [0.15, 0.2) is 18.2 Å². The van der Waals surface area contributed by atoms with E-state index in [1.165, 1.54) is 11.1 Å². The molecule has 2 heteroatoms. The van der Waals surface area contributed by atoms with Crippen molar-refractivity contribution in [3.05, 3.63) is 29.3 Å². The lowest BCUT2D eigenvalue weighted by molar-refractivity contribution is 0.552. The highest BCUT2D eigenvalue weighted by Crippen LogP contribution is 2.23. The minimum Gasteiger partial charge on any atom is -0.399 e. The third-order valence-electron chi connectivity index (χ3n) is 2.66. The van der Waals surface area contributed by atoms with Crippen LogP contribution in [0.5, 0.6) is 0 Å². The van der Waals surface area contributed by atoms with E-state index >= 15 is 0 Å². The van der Waals surface area contributed by atoms with E-state index in [2.05, 4.69) is 24.4 Å². The van der Waals surface area contributed by atoms with Gasteiger partial charge in [0, 0.05) is 11.7 Å². The molecule has 70 valence electrons. The molecule has 1 aromatic rings. The highest BCUT2D eigenvalue weighted by molar-refractivity contribution is 5.47. The van der Waals surface area contributed by atoms with Crippen molar-refractivity contribution < 1.29 is 0 Å². The second kappa shape index (κ2) is 3.38. The summed E-state index contributed by atoms with van der Waals surface area (Å²) < 4.78 is 0. The smallest absolute Gasteiger partial charge is 0.0316 e. The molecule has 0 heterocycles. The molecule has 1 unspecified atom stereocenters. The Morgan fingerprint density at radius 3 is 2.92 bits per heavy atom. The molecule has 13 heavy (non-hydrogen) atoms. The van der Waals surface area contributed by atoms with Gasteiger partial charge in [-0.3, -0.25) is 0 Å². The fourth-order valence-electron chi connectivity index (χ4n) is 2.07. The number of benzene rings is 1. The summed E-state index contributed by atoms with van der Waals surface area (Å²) in [6, 6.07) is 6.88. The molecule has 0 aliphatic heterocycles. The summed E-state index contributed by atoms with van der Waals surface area (Å²) in [6.07, 6.45) is 2.29. The first-order valence-electron chi connectivity index (χ1n) is 4.90. The Bertz CT molecular complexity index is 307. The van der Waals surface area contributed by atoms with Crippen molar-refractivity contribution in [3.63, 3.8) is 0 Å². The molecule has 0 amide bonds. The van der Waals surface area contributed by atoms with E-state index < -0.39 is 0 Å². The van der Waals surface area contributed by atoms with Gasteiger partial charge in [0.05, 0.1) is 0 Å². The maximum atomic E-state index is 5.73. The number of nitrogens with one attached hydrogen (secondary N) is 1. The Hall–Kier alpha value is -1.02. The zero-order chi connectivity index (χ0) is 9.26. The molecule has 0 aromatic heterocycles. The number of hydrogen-bond donors (Lipinski definition) is 2. The molecule has 0 bridgehead atoms. The number of anilines is 1. The molecule has 0 radical (unpaired) electrons. The van der Waals surface area contributed by atoms with Gasteiger partial charge in [-0.25, -0.2) is 0 Å². The summed E-state index contributed by atoms with van der Waals surface area (Å²) in [5.74, 6) is 0. The zero-order valence-electron chi connectivity index (χ0n) is 8.01. The van der Waals surface area contributed by atoms with Crippen LogP contribution in [-0.4, -0.2) is 12.6 Å². The molecule has 1 aliphatic rings. The van der Waals surface area contributed by atoms with E-state index in [4.69, 9.17) is 5.73 Å².